The van der Waals surface area contributed by atoms with Crippen molar-refractivity contribution in [1.82, 2.24) is 0 Å². The largest absolute Gasteiger partial charge is 0.158 e. The topological polar surface area (TPSA) is 0 Å². The molecule has 0 bridgehead atoms. The van der Waals surface area contributed by atoms with E-state index in [1.807, 2.05) is 0 Å². The molecule has 0 spiro atoms. The van der Waals surface area contributed by atoms with Crippen LogP contribution in [0.2, 0.25) is 0 Å². The Kier molecular flexibility index (Phi) is 11.2. The summed E-state index contributed by atoms with van der Waals surface area (Å²) in [4.78, 5) is 0. The predicted molar refractivity (Wildman–Crippen MR) is 129 cm³/mol. The van der Waals surface area contributed by atoms with Gasteiger partial charge < -0.3 is 0 Å². The van der Waals surface area contributed by atoms with Gasteiger partial charge in [-0.3, -0.25) is 0 Å². The average molecular weight is 402 g/mol. The lowest BCUT2D eigenvalue weighted by Gasteiger charge is -2.23. The monoisotopic (exact) mass is 401 g/mol. The van der Waals surface area contributed by atoms with E-state index < -0.39 is 7.26 Å². The number of aryl methyl sites for hydroxylation is 2. The first-order chi connectivity index (χ1) is 13.2. The van der Waals surface area contributed by atoms with Crippen LogP contribution in [0.1, 0.15) is 43.7 Å². The van der Waals surface area contributed by atoms with Crippen LogP contribution in [0.3, 0.4) is 0 Å². The number of hydrogen-bond acceptors (Lipinski definition) is 1. The maximum Gasteiger partial charge on any atom is 0.0682 e. The molecule has 0 N–H and O–H groups in total. The first-order valence-corrected chi connectivity index (χ1v) is 14.7. The van der Waals surface area contributed by atoms with Gasteiger partial charge in [0.05, 0.1) is 18.5 Å². The maximum absolute atomic E-state index is 2.64. The van der Waals surface area contributed by atoms with E-state index in [0.29, 0.717) is 0 Å². The molecule has 0 aliphatic heterocycles. The lowest BCUT2D eigenvalue weighted by molar-refractivity contribution is 0.706. The zero-order chi connectivity index (χ0) is 19.2. The SMILES string of the molecule is CCCCCCSCC[P+](C)(CCc1ccccc1)CCc1ccccc1. The van der Waals surface area contributed by atoms with E-state index in [2.05, 4.69) is 86.0 Å². The highest BCUT2D eigenvalue weighted by atomic mass is 32.2. The molecule has 0 atom stereocenters. The zero-order valence-electron chi connectivity index (χ0n) is 17.4. The van der Waals surface area contributed by atoms with Crippen molar-refractivity contribution in [2.24, 2.45) is 0 Å². The Hall–Kier alpha value is -0.780. The molecule has 0 nitrogen and oxygen atoms in total. The van der Waals surface area contributed by atoms with Crippen LogP contribution in [0.4, 0.5) is 0 Å². The van der Waals surface area contributed by atoms with Crippen molar-refractivity contribution in [3.05, 3.63) is 71.8 Å². The Morgan fingerprint density at radius 1 is 0.667 bits per heavy atom. The molecule has 0 aliphatic carbocycles. The van der Waals surface area contributed by atoms with Gasteiger partial charge >= 0.3 is 0 Å². The third kappa shape index (κ3) is 9.82. The molecule has 2 rings (SSSR count). The summed E-state index contributed by atoms with van der Waals surface area (Å²) < 4.78 is 0. The van der Waals surface area contributed by atoms with Gasteiger partial charge in [-0.1, -0.05) is 86.8 Å². The van der Waals surface area contributed by atoms with Gasteiger partial charge in [-0.05, 0) is 23.3 Å². The van der Waals surface area contributed by atoms with E-state index in [-0.39, 0.29) is 0 Å². The normalized spacial score (nSPS) is 11.6. The molecule has 2 aromatic rings. The quantitative estimate of drug-likeness (QED) is 0.234. The number of thioether (sulfide) groups is 1. The molecular formula is C25H38PS+. The van der Waals surface area contributed by atoms with Crippen molar-refractivity contribution in [3.8, 4) is 0 Å². The highest BCUT2D eigenvalue weighted by Gasteiger charge is 2.30. The smallest absolute Gasteiger partial charge is 0.0682 e. The summed E-state index contributed by atoms with van der Waals surface area (Å²) in [6.45, 7) is 4.93. The summed E-state index contributed by atoms with van der Waals surface area (Å²) in [5.41, 5.74) is 3.02. The number of hydrogen-bond donors (Lipinski definition) is 0. The number of benzene rings is 2. The molecule has 27 heavy (non-hydrogen) atoms. The van der Waals surface area contributed by atoms with Crippen molar-refractivity contribution < 1.29 is 0 Å². The number of unbranched alkanes of at least 4 members (excludes halogenated alkanes) is 3. The van der Waals surface area contributed by atoms with Crippen molar-refractivity contribution in [2.75, 3.05) is 36.7 Å². The average Bonchev–Trinajstić information content (AvgIpc) is 2.72. The van der Waals surface area contributed by atoms with E-state index in [9.17, 15) is 0 Å². The summed E-state index contributed by atoms with van der Waals surface area (Å²) >= 11 is 2.20. The molecule has 0 radical (unpaired) electrons. The molecule has 0 amide bonds. The van der Waals surface area contributed by atoms with Gasteiger partial charge in [-0.2, -0.15) is 11.8 Å². The van der Waals surface area contributed by atoms with E-state index in [0.717, 1.165) is 0 Å². The Bertz CT molecular complexity index is 553. The van der Waals surface area contributed by atoms with Crippen molar-refractivity contribution in [2.45, 2.75) is 45.4 Å². The van der Waals surface area contributed by atoms with Crippen LogP contribution >= 0.6 is 19.0 Å². The second kappa shape index (κ2) is 13.4. The minimum atomic E-state index is -0.882. The molecule has 0 saturated heterocycles. The second-order valence-electron chi connectivity index (χ2n) is 7.93. The first kappa shape index (κ1) is 22.5. The van der Waals surface area contributed by atoms with E-state index in [1.165, 1.54) is 79.6 Å². The second-order valence-corrected chi connectivity index (χ2v) is 13.7. The van der Waals surface area contributed by atoms with Crippen molar-refractivity contribution in [3.63, 3.8) is 0 Å². The van der Waals surface area contributed by atoms with Gasteiger partial charge in [0.1, 0.15) is 0 Å². The maximum atomic E-state index is 2.64. The van der Waals surface area contributed by atoms with E-state index >= 15 is 0 Å². The summed E-state index contributed by atoms with van der Waals surface area (Å²) in [7, 11) is -0.882. The minimum Gasteiger partial charge on any atom is -0.158 e. The van der Waals surface area contributed by atoms with Gasteiger partial charge in [-0.15, -0.1) is 0 Å². The fraction of sp³-hybridized carbons (Fsp3) is 0.520. The molecule has 148 valence electrons. The molecule has 0 aliphatic rings. The van der Waals surface area contributed by atoms with Crippen molar-refractivity contribution in [1.29, 1.82) is 0 Å². The lowest BCUT2D eigenvalue weighted by Crippen LogP contribution is -2.12. The molecule has 0 fully saturated rings. The van der Waals surface area contributed by atoms with Gasteiger partial charge in [0.15, 0.2) is 0 Å². The molecule has 0 heterocycles. The van der Waals surface area contributed by atoms with Crippen LogP contribution in [0.5, 0.6) is 0 Å². The van der Waals surface area contributed by atoms with Crippen LogP contribution in [0.15, 0.2) is 60.7 Å². The Balaban J connectivity index is 1.82. The Labute approximate surface area is 172 Å². The third-order valence-electron chi connectivity index (χ3n) is 5.48. The fourth-order valence-electron chi connectivity index (χ4n) is 3.44. The molecule has 0 saturated carbocycles. The van der Waals surface area contributed by atoms with E-state index in [4.69, 9.17) is 0 Å². The molecule has 0 unspecified atom stereocenters. The molecule has 2 aromatic carbocycles. The summed E-state index contributed by atoms with van der Waals surface area (Å²) in [5.74, 6) is 2.72. The molecule has 2 heteroatoms. The zero-order valence-corrected chi connectivity index (χ0v) is 19.1. The van der Waals surface area contributed by atoms with Crippen LogP contribution in [0.25, 0.3) is 0 Å². The predicted octanol–water partition coefficient (Wildman–Crippen LogP) is 7.43. The minimum absolute atomic E-state index is 0.882. The van der Waals surface area contributed by atoms with Gasteiger partial charge in [-0.25, -0.2) is 0 Å². The van der Waals surface area contributed by atoms with Crippen LogP contribution in [-0.2, 0) is 12.8 Å². The fourth-order valence-corrected chi connectivity index (χ4v) is 8.60. The Morgan fingerprint density at radius 2 is 1.22 bits per heavy atom. The third-order valence-corrected chi connectivity index (χ3v) is 10.8. The van der Waals surface area contributed by atoms with Gasteiger partial charge in [0, 0.05) is 32.5 Å². The molecule has 0 aromatic heterocycles. The summed E-state index contributed by atoms with van der Waals surface area (Å²) in [5, 5.41) is 0. The van der Waals surface area contributed by atoms with Crippen LogP contribution in [0, 0.1) is 0 Å². The lowest BCUT2D eigenvalue weighted by atomic mass is 10.2. The standard InChI is InChI=1S/C25H38PS/c1-3-4-5-12-22-27-23-21-26(2,19-17-24-13-8-6-9-14-24)20-18-25-15-10-7-11-16-25/h6-11,13-16H,3-5,12,17-23H2,1-2H3/q+1. The molecular weight excluding hydrogens is 363 g/mol. The highest BCUT2D eigenvalue weighted by Crippen LogP contribution is 2.56. The van der Waals surface area contributed by atoms with E-state index in [1.54, 1.807) is 0 Å². The van der Waals surface area contributed by atoms with Crippen LogP contribution < -0.4 is 0 Å². The van der Waals surface area contributed by atoms with Gasteiger partial charge in [0.2, 0.25) is 0 Å². The van der Waals surface area contributed by atoms with Gasteiger partial charge in [0.25, 0.3) is 0 Å². The number of rotatable bonds is 14. The van der Waals surface area contributed by atoms with Crippen LogP contribution in [-0.4, -0.2) is 36.7 Å². The first-order valence-electron chi connectivity index (χ1n) is 10.7. The highest BCUT2D eigenvalue weighted by molar-refractivity contribution is 7.99. The summed E-state index contributed by atoms with van der Waals surface area (Å²) in [6.07, 6.45) is 12.3. The Morgan fingerprint density at radius 3 is 1.74 bits per heavy atom. The van der Waals surface area contributed by atoms with Crippen molar-refractivity contribution >= 4 is 19.0 Å². The summed E-state index contributed by atoms with van der Waals surface area (Å²) in [6, 6.07) is 22.2.